The summed E-state index contributed by atoms with van der Waals surface area (Å²) in [6.45, 7) is 3.10. The van der Waals surface area contributed by atoms with Crippen LogP contribution in [0.1, 0.15) is 27.9 Å². The van der Waals surface area contributed by atoms with Crippen LogP contribution in [-0.2, 0) is 18.9 Å². The molecular weight excluding hydrogens is 479 g/mol. The van der Waals surface area contributed by atoms with Gasteiger partial charge < -0.3 is 0 Å². The summed E-state index contributed by atoms with van der Waals surface area (Å²) in [5, 5.41) is 2.82. The molecule has 182 valence electrons. The molecule has 2 aromatic heterocycles. The standard InChI is InChI=1S/C24H16F7N3O/c1-12-3-6-14(7-4-12)11-34-22(35)17-10-19(24(29,30)31)18(23(26,27)28)9-16(17)20(33-34)15-8-5-13(2)32-21(15)25/h3-10H,11H2,1-2H3. The predicted molar refractivity (Wildman–Crippen MR) is 114 cm³/mol. The quantitative estimate of drug-likeness (QED) is 0.248. The van der Waals surface area contributed by atoms with Gasteiger partial charge in [-0.3, -0.25) is 4.79 Å². The Hall–Kier alpha value is -3.76. The van der Waals surface area contributed by atoms with E-state index in [-0.39, 0.29) is 29.9 Å². The Morgan fingerprint density at radius 2 is 1.40 bits per heavy atom. The fourth-order valence-corrected chi connectivity index (χ4v) is 3.67. The second-order valence-corrected chi connectivity index (χ2v) is 8.03. The van der Waals surface area contributed by atoms with Gasteiger partial charge in [-0.25, -0.2) is 9.67 Å². The van der Waals surface area contributed by atoms with E-state index in [1.54, 1.807) is 24.3 Å². The summed E-state index contributed by atoms with van der Waals surface area (Å²) in [6, 6.07) is 9.71. The van der Waals surface area contributed by atoms with Gasteiger partial charge in [-0.15, -0.1) is 0 Å². The van der Waals surface area contributed by atoms with Gasteiger partial charge in [-0.1, -0.05) is 29.8 Å². The van der Waals surface area contributed by atoms with Crippen LogP contribution in [-0.4, -0.2) is 14.8 Å². The molecule has 0 N–H and O–H groups in total. The second kappa shape index (κ2) is 8.47. The number of hydrogen-bond donors (Lipinski definition) is 0. The third kappa shape index (κ3) is 4.75. The Morgan fingerprint density at radius 1 is 0.829 bits per heavy atom. The van der Waals surface area contributed by atoms with Crippen LogP contribution in [0.25, 0.3) is 22.0 Å². The Bertz CT molecular complexity index is 1490. The molecule has 2 heterocycles. The van der Waals surface area contributed by atoms with Crippen molar-refractivity contribution in [3.63, 3.8) is 0 Å². The Balaban J connectivity index is 2.10. The predicted octanol–water partition coefficient (Wildman–Crippen LogP) is 6.30. The highest BCUT2D eigenvalue weighted by Crippen LogP contribution is 2.43. The summed E-state index contributed by atoms with van der Waals surface area (Å²) in [4.78, 5) is 16.7. The molecule has 0 amide bonds. The Labute approximate surface area is 193 Å². The highest BCUT2D eigenvalue weighted by molar-refractivity contribution is 5.95. The first-order valence-electron chi connectivity index (χ1n) is 10.2. The lowest BCUT2D eigenvalue weighted by Gasteiger charge is -2.18. The van der Waals surface area contributed by atoms with Crippen molar-refractivity contribution in [1.82, 2.24) is 14.8 Å². The Kier molecular flexibility index (Phi) is 5.90. The number of aromatic nitrogens is 3. The van der Waals surface area contributed by atoms with Crippen LogP contribution in [0.3, 0.4) is 0 Å². The number of nitrogens with zero attached hydrogens (tertiary/aromatic N) is 3. The van der Waals surface area contributed by atoms with Crippen molar-refractivity contribution < 1.29 is 30.7 Å². The van der Waals surface area contributed by atoms with E-state index in [1.807, 2.05) is 6.92 Å². The molecule has 0 bridgehead atoms. The van der Waals surface area contributed by atoms with Gasteiger partial charge in [0.15, 0.2) is 0 Å². The zero-order chi connectivity index (χ0) is 25.7. The fraction of sp³-hybridized carbons (Fsp3) is 0.208. The average Bonchev–Trinajstić information content (AvgIpc) is 2.75. The van der Waals surface area contributed by atoms with E-state index in [4.69, 9.17) is 0 Å². The first kappa shape index (κ1) is 24.4. The van der Waals surface area contributed by atoms with Gasteiger partial charge in [0.05, 0.1) is 28.6 Å². The van der Waals surface area contributed by atoms with Gasteiger partial charge in [-0.2, -0.15) is 35.8 Å². The number of aryl methyl sites for hydroxylation is 2. The molecule has 4 aromatic rings. The molecule has 0 aliphatic rings. The third-order valence-corrected chi connectivity index (χ3v) is 5.41. The maximum Gasteiger partial charge on any atom is 0.417 e. The molecule has 11 heteroatoms. The van der Waals surface area contributed by atoms with E-state index in [2.05, 4.69) is 10.1 Å². The van der Waals surface area contributed by atoms with Crippen LogP contribution < -0.4 is 5.56 Å². The lowest BCUT2D eigenvalue weighted by Crippen LogP contribution is -2.26. The summed E-state index contributed by atoms with van der Waals surface area (Å²) < 4.78 is 97.0. The molecule has 2 aromatic carbocycles. The molecular formula is C24H16F7N3O. The van der Waals surface area contributed by atoms with E-state index in [9.17, 15) is 35.5 Å². The van der Waals surface area contributed by atoms with Crippen molar-refractivity contribution in [3.05, 3.63) is 92.8 Å². The third-order valence-electron chi connectivity index (χ3n) is 5.41. The lowest BCUT2D eigenvalue weighted by molar-refractivity contribution is -0.161. The minimum Gasteiger partial charge on any atom is -0.267 e. The van der Waals surface area contributed by atoms with E-state index >= 15 is 0 Å². The van der Waals surface area contributed by atoms with Crippen LogP contribution in [0.15, 0.2) is 53.3 Å². The van der Waals surface area contributed by atoms with Crippen molar-refractivity contribution in [2.24, 2.45) is 0 Å². The highest BCUT2D eigenvalue weighted by atomic mass is 19.4. The zero-order valence-electron chi connectivity index (χ0n) is 18.2. The number of benzene rings is 2. The van der Waals surface area contributed by atoms with E-state index in [0.29, 0.717) is 5.56 Å². The molecule has 0 aliphatic carbocycles. The summed E-state index contributed by atoms with van der Waals surface area (Å²) >= 11 is 0. The van der Waals surface area contributed by atoms with Crippen molar-refractivity contribution >= 4 is 10.8 Å². The van der Waals surface area contributed by atoms with Crippen molar-refractivity contribution in [1.29, 1.82) is 0 Å². The smallest absolute Gasteiger partial charge is 0.267 e. The number of halogens is 7. The monoisotopic (exact) mass is 495 g/mol. The molecule has 0 saturated carbocycles. The van der Waals surface area contributed by atoms with E-state index in [0.717, 1.165) is 10.2 Å². The van der Waals surface area contributed by atoms with E-state index in [1.165, 1.54) is 19.1 Å². The highest BCUT2D eigenvalue weighted by Gasteiger charge is 2.44. The summed E-state index contributed by atoms with van der Waals surface area (Å²) in [5.41, 5.74) is -4.13. The van der Waals surface area contributed by atoms with Crippen LogP contribution in [0.2, 0.25) is 0 Å². The van der Waals surface area contributed by atoms with Crippen molar-refractivity contribution in [3.8, 4) is 11.3 Å². The van der Waals surface area contributed by atoms with E-state index < -0.39 is 51.5 Å². The summed E-state index contributed by atoms with van der Waals surface area (Å²) in [7, 11) is 0. The molecule has 0 aliphatic heterocycles. The maximum atomic E-state index is 14.7. The van der Waals surface area contributed by atoms with Gasteiger partial charge in [0.1, 0.15) is 5.69 Å². The molecule has 0 atom stereocenters. The van der Waals surface area contributed by atoms with Crippen LogP contribution >= 0.6 is 0 Å². The summed E-state index contributed by atoms with van der Waals surface area (Å²) in [5.74, 6) is -1.09. The molecule has 0 spiro atoms. The van der Waals surface area contributed by atoms with Crippen molar-refractivity contribution in [2.45, 2.75) is 32.7 Å². The first-order chi connectivity index (χ1) is 16.3. The lowest BCUT2D eigenvalue weighted by atomic mass is 9.98. The number of alkyl halides is 6. The van der Waals surface area contributed by atoms with Crippen LogP contribution in [0.4, 0.5) is 30.7 Å². The largest absolute Gasteiger partial charge is 0.417 e. The zero-order valence-corrected chi connectivity index (χ0v) is 18.2. The molecule has 35 heavy (non-hydrogen) atoms. The van der Waals surface area contributed by atoms with Gasteiger partial charge in [0.25, 0.3) is 5.56 Å². The van der Waals surface area contributed by atoms with Crippen LogP contribution in [0.5, 0.6) is 0 Å². The minimum atomic E-state index is -5.40. The second-order valence-electron chi connectivity index (χ2n) is 8.03. The fourth-order valence-electron chi connectivity index (χ4n) is 3.67. The van der Waals surface area contributed by atoms with Gasteiger partial charge >= 0.3 is 12.4 Å². The number of hydrogen-bond acceptors (Lipinski definition) is 3. The SMILES string of the molecule is Cc1ccc(Cn2nc(-c3ccc(C)nc3F)c3cc(C(F)(F)F)c(C(F)(F)F)cc3c2=O)cc1. The topological polar surface area (TPSA) is 47.8 Å². The molecule has 0 unspecified atom stereocenters. The van der Waals surface area contributed by atoms with Gasteiger partial charge in [0.2, 0.25) is 5.95 Å². The Morgan fingerprint density at radius 3 is 1.94 bits per heavy atom. The minimum absolute atomic E-state index is 0.150. The number of pyridine rings is 1. The first-order valence-corrected chi connectivity index (χ1v) is 10.2. The molecule has 0 radical (unpaired) electrons. The van der Waals surface area contributed by atoms with Gasteiger partial charge in [-0.05, 0) is 43.7 Å². The molecule has 0 saturated heterocycles. The molecule has 0 fully saturated rings. The van der Waals surface area contributed by atoms with Gasteiger partial charge in [0, 0.05) is 11.1 Å². The molecule has 4 rings (SSSR count). The average molecular weight is 495 g/mol. The van der Waals surface area contributed by atoms with Crippen LogP contribution in [0, 0.1) is 19.8 Å². The molecule has 4 nitrogen and oxygen atoms in total. The number of fused-ring (bicyclic) bond motifs is 1. The maximum absolute atomic E-state index is 14.7. The van der Waals surface area contributed by atoms with Crippen molar-refractivity contribution in [2.75, 3.05) is 0 Å². The summed E-state index contributed by atoms with van der Waals surface area (Å²) in [6.07, 6.45) is -10.8. The normalized spacial score (nSPS) is 12.4. The number of rotatable bonds is 3.